The molecule has 1 rings (SSSR count). The molecule has 0 heterocycles. The number of hydrogen-bond acceptors (Lipinski definition) is 1. The molecule has 0 saturated heterocycles. The highest BCUT2D eigenvalue weighted by atomic mass is 35.5. The monoisotopic (exact) mass is 299 g/mol. The summed E-state index contributed by atoms with van der Waals surface area (Å²) in [5, 5.41) is 4.01. The number of halogens is 2. The quantitative estimate of drug-likeness (QED) is 0.767. The predicted molar refractivity (Wildman–Crippen MR) is 82.6 cm³/mol. The zero-order chi connectivity index (χ0) is 14.3. The molecule has 0 spiro atoms. The lowest BCUT2D eigenvalue weighted by molar-refractivity contribution is -0.116. The predicted octanol–water partition coefficient (Wildman–Crippen LogP) is 4.56. The molecular formula is C15H19Cl2NO. The van der Waals surface area contributed by atoms with Gasteiger partial charge in [0, 0.05) is 22.7 Å². The summed E-state index contributed by atoms with van der Waals surface area (Å²) in [6.45, 7) is 4.97. The van der Waals surface area contributed by atoms with Crippen LogP contribution in [0.15, 0.2) is 24.3 Å². The van der Waals surface area contributed by atoms with Gasteiger partial charge in [-0.15, -0.1) is 0 Å². The van der Waals surface area contributed by atoms with Gasteiger partial charge in [0.15, 0.2) is 0 Å². The van der Waals surface area contributed by atoms with Crippen molar-refractivity contribution < 1.29 is 4.79 Å². The second kappa shape index (κ2) is 8.23. The number of hydrogen-bond donors (Lipinski definition) is 1. The third-order valence-corrected chi connectivity index (χ3v) is 3.47. The highest BCUT2D eigenvalue weighted by molar-refractivity contribution is 6.34. The Bertz CT molecular complexity index is 433. The zero-order valence-corrected chi connectivity index (χ0v) is 12.8. The number of carbonyl (C=O) groups excluding carboxylic acids is 1. The van der Waals surface area contributed by atoms with Crippen molar-refractivity contribution in [3.05, 3.63) is 39.9 Å². The number of benzene rings is 1. The standard InChI is InChI=1S/C15H19Cl2NO/c1-3-11(4-2)10-18-15(19)6-5-12-7-13(16)9-14(17)8-12/h5-9,11H,3-4,10H2,1-2H3,(H,18,19)/b6-5+. The molecule has 1 N–H and O–H groups in total. The minimum Gasteiger partial charge on any atom is -0.352 e. The lowest BCUT2D eigenvalue weighted by atomic mass is 10.0. The molecule has 0 saturated carbocycles. The van der Waals surface area contributed by atoms with Gasteiger partial charge in [0.25, 0.3) is 0 Å². The first-order chi connectivity index (χ1) is 9.05. The molecule has 19 heavy (non-hydrogen) atoms. The van der Waals surface area contributed by atoms with E-state index in [1.165, 1.54) is 6.08 Å². The van der Waals surface area contributed by atoms with E-state index in [9.17, 15) is 4.79 Å². The molecule has 4 heteroatoms. The van der Waals surface area contributed by atoms with Crippen LogP contribution in [0.3, 0.4) is 0 Å². The molecule has 1 aromatic rings. The molecule has 0 bridgehead atoms. The largest absolute Gasteiger partial charge is 0.352 e. The molecule has 1 aromatic carbocycles. The summed E-state index contributed by atoms with van der Waals surface area (Å²) in [4.78, 5) is 11.7. The van der Waals surface area contributed by atoms with Crippen molar-refractivity contribution in [2.75, 3.05) is 6.54 Å². The average molecular weight is 300 g/mol. The van der Waals surface area contributed by atoms with Gasteiger partial charge in [-0.1, -0.05) is 49.9 Å². The van der Waals surface area contributed by atoms with Crippen LogP contribution < -0.4 is 5.32 Å². The van der Waals surface area contributed by atoms with E-state index in [1.54, 1.807) is 24.3 Å². The third-order valence-electron chi connectivity index (χ3n) is 3.03. The van der Waals surface area contributed by atoms with E-state index in [0.717, 1.165) is 18.4 Å². The van der Waals surface area contributed by atoms with Gasteiger partial charge in [0.2, 0.25) is 5.91 Å². The van der Waals surface area contributed by atoms with Crippen LogP contribution in [0.5, 0.6) is 0 Å². The Labute approximate surface area is 124 Å². The molecule has 0 unspecified atom stereocenters. The van der Waals surface area contributed by atoms with Crippen LogP contribution in [-0.4, -0.2) is 12.5 Å². The molecular weight excluding hydrogens is 281 g/mol. The lowest BCUT2D eigenvalue weighted by Crippen LogP contribution is -2.27. The van der Waals surface area contributed by atoms with Gasteiger partial charge in [0.1, 0.15) is 0 Å². The van der Waals surface area contributed by atoms with Crippen molar-refractivity contribution >= 4 is 35.2 Å². The number of rotatable bonds is 6. The van der Waals surface area contributed by atoms with E-state index < -0.39 is 0 Å². The SMILES string of the molecule is CCC(CC)CNC(=O)/C=C/c1cc(Cl)cc(Cl)c1. The first-order valence-electron chi connectivity index (χ1n) is 6.47. The molecule has 0 fully saturated rings. The number of nitrogens with one attached hydrogen (secondary N) is 1. The summed E-state index contributed by atoms with van der Waals surface area (Å²) in [6, 6.07) is 5.18. The molecule has 0 radical (unpaired) electrons. The Hall–Kier alpha value is -0.990. The number of carbonyl (C=O) groups is 1. The summed E-state index contributed by atoms with van der Waals surface area (Å²) in [5.41, 5.74) is 0.815. The smallest absolute Gasteiger partial charge is 0.244 e. The summed E-state index contributed by atoms with van der Waals surface area (Å²) in [7, 11) is 0. The van der Waals surface area contributed by atoms with Gasteiger partial charge in [-0.3, -0.25) is 4.79 Å². The van der Waals surface area contributed by atoms with Crippen LogP contribution >= 0.6 is 23.2 Å². The fraction of sp³-hybridized carbons (Fsp3) is 0.400. The highest BCUT2D eigenvalue weighted by Crippen LogP contribution is 2.19. The second-order valence-corrected chi connectivity index (χ2v) is 5.34. The zero-order valence-electron chi connectivity index (χ0n) is 11.2. The van der Waals surface area contributed by atoms with Crippen LogP contribution in [0.1, 0.15) is 32.3 Å². The maximum absolute atomic E-state index is 11.7. The fourth-order valence-corrected chi connectivity index (χ4v) is 2.27. The van der Waals surface area contributed by atoms with E-state index in [4.69, 9.17) is 23.2 Å². The van der Waals surface area contributed by atoms with Crippen molar-refractivity contribution in [2.45, 2.75) is 26.7 Å². The minimum atomic E-state index is -0.0944. The molecule has 0 aliphatic rings. The molecule has 1 amide bonds. The van der Waals surface area contributed by atoms with Gasteiger partial charge in [-0.25, -0.2) is 0 Å². The molecule has 0 aliphatic carbocycles. The van der Waals surface area contributed by atoms with E-state index >= 15 is 0 Å². The Morgan fingerprint density at radius 1 is 1.21 bits per heavy atom. The maximum Gasteiger partial charge on any atom is 0.244 e. The molecule has 0 atom stereocenters. The van der Waals surface area contributed by atoms with Crippen molar-refractivity contribution in [3.63, 3.8) is 0 Å². The third kappa shape index (κ3) is 6.13. The Morgan fingerprint density at radius 2 is 1.79 bits per heavy atom. The van der Waals surface area contributed by atoms with Gasteiger partial charge in [-0.05, 0) is 35.8 Å². The first-order valence-corrected chi connectivity index (χ1v) is 7.22. The van der Waals surface area contributed by atoms with E-state index in [0.29, 0.717) is 22.5 Å². The second-order valence-electron chi connectivity index (χ2n) is 4.46. The van der Waals surface area contributed by atoms with Gasteiger partial charge in [-0.2, -0.15) is 0 Å². The van der Waals surface area contributed by atoms with Crippen LogP contribution in [0.2, 0.25) is 10.0 Å². The van der Waals surface area contributed by atoms with Crippen LogP contribution in [-0.2, 0) is 4.79 Å². The summed E-state index contributed by atoms with van der Waals surface area (Å²) in [5.74, 6) is 0.445. The van der Waals surface area contributed by atoms with Crippen LogP contribution in [0.4, 0.5) is 0 Å². The van der Waals surface area contributed by atoms with Gasteiger partial charge in [0.05, 0.1) is 0 Å². The summed E-state index contributed by atoms with van der Waals surface area (Å²) < 4.78 is 0. The topological polar surface area (TPSA) is 29.1 Å². The summed E-state index contributed by atoms with van der Waals surface area (Å²) >= 11 is 11.8. The van der Waals surface area contributed by atoms with E-state index in [-0.39, 0.29) is 5.91 Å². The minimum absolute atomic E-state index is 0.0944. The Kier molecular flexibility index (Phi) is 6.96. The van der Waals surface area contributed by atoms with Crippen LogP contribution in [0.25, 0.3) is 6.08 Å². The summed E-state index contributed by atoms with van der Waals surface area (Å²) in [6.07, 6.45) is 5.36. The van der Waals surface area contributed by atoms with Crippen molar-refractivity contribution in [2.24, 2.45) is 5.92 Å². The Balaban J connectivity index is 2.53. The maximum atomic E-state index is 11.7. The molecule has 104 valence electrons. The molecule has 2 nitrogen and oxygen atoms in total. The molecule has 0 aliphatic heterocycles. The van der Waals surface area contributed by atoms with Crippen molar-refractivity contribution in [1.29, 1.82) is 0 Å². The molecule has 0 aromatic heterocycles. The van der Waals surface area contributed by atoms with Crippen molar-refractivity contribution in [1.82, 2.24) is 5.32 Å². The van der Waals surface area contributed by atoms with Gasteiger partial charge < -0.3 is 5.32 Å². The lowest BCUT2D eigenvalue weighted by Gasteiger charge is -2.11. The van der Waals surface area contributed by atoms with Crippen LogP contribution in [0, 0.1) is 5.92 Å². The number of amides is 1. The Morgan fingerprint density at radius 3 is 2.32 bits per heavy atom. The van der Waals surface area contributed by atoms with E-state index in [1.807, 2.05) is 0 Å². The average Bonchev–Trinajstić information content (AvgIpc) is 2.36. The van der Waals surface area contributed by atoms with Crippen molar-refractivity contribution in [3.8, 4) is 0 Å². The van der Waals surface area contributed by atoms with Gasteiger partial charge >= 0.3 is 0 Å². The highest BCUT2D eigenvalue weighted by Gasteiger charge is 2.04. The first kappa shape index (κ1) is 16.1. The van der Waals surface area contributed by atoms with E-state index in [2.05, 4.69) is 19.2 Å². The normalized spacial score (nSPS) is 11.2. The fourth-order valence-electron chi connectivity index (χ4n) is 1.72.